The Hall–Kier alpha value is -2.61. The summed E-state index contributed by atoms with van der Waals surface area (Å²) in [6, 6.07) is 5.87. The predicted molar refractivity (Wildman–Crippen MR) is 81.2 cm³/mol. The van der Waals surface area contributed by atoms with Gasteiger partial charge >= 0.3 is 12.1 Å². The fourth-order valence-corrected chi connectivity index (χ4v) is 1.67. The largest absolute Gasteiger partial charge is 0.377 e. The molecule has 22 heavy (non-hydrogen) atoms. The van der Waals surface area contributed by atoms with Crippen LogP contribution in [0.15, 0.2) is 24.3 Å². The van der Waals surface area contributed by atoms with Gasteiger partial charge in [0.15, 0.2) is 0 Å². The Morgan fingerprint density at radius 3 is 2.68 bits per heavy atom. The number of nitrogens with two attached hydrogens (primary N) is 1. The standard InChI is InChI=1S/C14H20N4O4/c1-9(22-2)10-4-3-5-11(8-10)17-14(21)16-7-6-12(19)18-13(15)20/h3-5,8-9H,6-7H2,1-2H3,(H2,16,17,21)(H3,15,18,19,20)/t9-/m0/s1. The predicted octanol–water partition coefficient (Wildman–Crippen LogP) is 1.10. The maximum atomic E-state index is 11.7. The number of benzene rings is 1. The molecule has 1 atom stereocenters. The Morgan fingerprint density at radius 1 is 1.32 bits per heavy atom. The first-order valence-corrected chi connectivity index (χ1v) is 6.69. The normalized spacial score (nSPS) is 11.4. The minimum Gasteiger partial charge on any atom is -0.377 e. The number of imide groups is 1. The van der Waals surface area contributed by atoms with E-state index in [1.807, 2.05) is 18.3 Å². The van der Waals surface area contributed by atoms with E-state index in [1.165, 1.54) is 0 Å². The molecule has 0 aliphatic rings. The number of methoxy groups -OCH3 is 1. The molecule has 1 aromatic carbocycles. The topological polar surface area (TPSA) is 123 Å². The van der Waals surface area contributed by atoms with E-state index in [1.54, 1.807) is 25.3 Å². The summed E-state index contributed by atoms with van der Waals surface area (Å²) in [5.41, 5.74) is 6.34. The lowest BCUT2D eigenvalue weighted by atomic mass is 10.1. The number of primary amides is 1. The van der Waals surface area contributed by atoms with E-state index in [2.05, 4.69) is 10.6 Å². The molecule has 1 rings (SSSR count). The summed E-state index contributed by atoms with van der Waals surface area (Å²) in [6.45, 7) is 1.98. The molecule has 0 saturated carbocycles. The first-order valence-electron chi connectivity index (χ1n) is 6.69. The molecule has 0 heterocycles. The van der Waals surface area contributed by atoms with Crippen molar-refractivity contribution in [3.63, 3.8) is 0 Å². The van der Waals surface area contributed by atoms with Gasteiger partial charge in [0.2, 0.25) is 5.91 Å². The Kier molecular flexibility index (Phi) is 6.84. The fraction of sp³-hybridized carbons (Fsp3) is 0.357. The van der Waals surface area contributed by atoms with E-state index in [0.29, 0.717) is 5.69 Å². The number of carbonyl (C=O) groups is 3. The van der Waals surface area contributed by atoms with Crippen molar-refractivity contribution in [2.75, 3.05) is 19.0 Å². The van der Waals surface area contributed by atoms with Gasteiger partial charge < -0.3 is 21.1 Å². The summed E-state index contributed by atoms with van der Waals surface area (Å²) in [4.78, 5) is 33.3. The minimum absolute atomic E-state index is 0.0445. The van der Waals surface area contributed by atoms with Crippen LogP contribution in [0.4, 0.5) is 15.3 Å². The van der Waals surface area contributed by atoms with Crippen LogP contribution in [-0.4, -0.2) is 31.6 Å². The maximum absolute atomic E-state index is 11.7. The zero-order valence-corrected chi connectivity index (χ0v) is 12.5. The highest BCUT2D eigenvalue weighted by Gasteiger charge is 2.08. The number of nitrogens with one attached hydrogen (secondary N) is 3. The molecule has 120 valence electrons. The van der Waals surface area contributed by atoms with Crippen molar-refractivity contribution >= 4 is 23.7 Å². The molecule has 0 saturated heterocycles. The van der Waals surface area contributed by atoms with Crippen LogP contribution in [0.1, 0.15) is 25.0 Å². The van der Waals surface area contributed by atoms with Crippen LogP contribution in [0.2, 0.25) is 0 Å². The highest BCUT2D eigenvalue weighted by atomic mass is 16.5. The number of amides is 5. The number of anilines is 1. The van der Waals surface area contributed by atoms with Gasteiger partial charge in [-0.3, -0.25) is 10.1 Å². The van der Waals surface area contributed by atoms with Gasteiger partial charge in [0.05, 0.1) is 6.10 Å². The van der Waals surface area contributed by atoms with Crippen LogP contribution < -0.4 is 21.7 Å². The van der Waals surface area contributed by atoms with Gasteiger partial charge in [0.25, 0.3) is 0 Å². The first-order chi connectivity index (χ1) is 10.4. The molecule has 8 nitrogen and oxygen atoms in total. The van der Waals surface area contributed by atoms with Crippen molar-refractivity contribution in [3.8, 4) is 0 Å². The highest BCUT2D eigenvalue weighted by molar-refractivity contribution is 5.94. The molecule has 5 N–H and O–H groups in total. The summed E-state index contributed by atoms with van der Waals surface area (Å²) < 4.78 is 5.21. The molecule has 0 aromatic heterocycles. The number of rotatable bonds is 6. The van der Waals surface area contributed by atoms with Crippen molar-refractivity contribution < 1.29 is 19.1 Å². The Morgan fingerprint density at radius 2 is 2.05 bits per heavy atom. The summed E-state index contributed by atoms with van der Waals surface area (Å²) >= 11 is 0. The van der Waals surface area contributed by atoms with E-state index in [9.17, 15) is 14.4 Å². The molecule has 0 fully saturated rings. The second kappa shape index (κ2) is 8.63. The SMILES string of the molecule is CO[C@@H](C)c1cccc(NC(=O)NCCC(=O)NC(N)=O)c1. The molecule has 0 unspecified atom stereocenters. The second-order valence-corrected chi connectivity index (χ2v) is 4.55. The average molecular weight is 308 g/mol. The third-order valence-corrected chi connectivity index (χ3v) is 2.87. The second-order valence-electron chi connectivity index (χ2n) is 4.55. The number of hydrogen-bond donors (Lipinski definition) is 4. The van der Waals surface area contributed by atoms with Crippen molar-refractivity contribution in [2.24, 2.45) is 5.73 Å². The third kappa shape index (κ3) is 6.23. The zero-order valence-electron chi connectivity index (χ0n) is 12.5. The van der Waals surface area contributed by atoms with E-state index < -0.39 is 18.0 Å². The van der Waals surface area contributed by atoms with Crippen molar-refractivity contribution in [1.29, 1.82) is 0 Å². The van der Waals surface area contributed by atoms with Gasteiger partial charge in [-0.25, -0.2) is 9.59 Å². The van der Waals surface area contributed by atoms with Gasteiger partial charge in [0, 0.05) is 25.8 Å². The van der Waals surface area contributed by atoms with Crippen LogP contribution in [0.25, 0.3) is 0 Å². The summed E-state index contributed by atoms with van der Waals surface area (Å²) in [6.07, 6.45) is -0.126. The maximum Gasteiger partial charge on any atom is 0.319 e. The van der Waals surface area contributed by atoms with Crippen molar-refractivity contribution in [3.05, 3.63) is 29.8 Å². The van der Waals surface area contributed by atoms with Crippen molar-refractivity contribution in [2.45, 2.75) is 19.4 Å². The monoisotopic (exact) mass is 308 g/mol. The van der Waals surface area contributed by atoms with Crippen LogP contribution in [-0.2, 0) is 9.53 Å². The van der Waals surface area contributed by atoms with E-state index >= 15 is 0 Å². The molecule has 0 radical (unpaired) electrons. The lowest BCUT2D eigenvalue weighted by molar-refractivity contribution is -0.119. The quantitative estimate of drug-likeness (QED) is 0.628. The Labute approximate surface area is 128 Å². The molecule has 0 bridgehead atoms. The summed E-state index contributed by atoms with van der Waals surface area (Å²) in [5, 5.41) is 7.06. The van der Waals surface area contributed by atoms with Crippen LogP contribution in [0.3, 0.4) is 0 Å². The molecule has 0 aliphatic heterocycles. The van der Waals surface area contributed by atoms with Gasteiger partial charge in [-0.1, -0.05) is 12.1 Å². The number of hydrogen-bond acceptors (Lipinski definition) is 4. The van der Waals surface area contributed by atoms with Crippen LogP contribution in [0.5, 0.6) is 0 Å². The minimum atomic E-state index is -0.918. The molecular weight excluding hydrogens is 288 g/mol. The Balaban J connectivity index is 2.42. The lowest BCUT2D eigenvalue weighted by Crippen LogP contribution is -2.38. The summed E-state index contributed by atoms with van der Waals surface area (Å²) in [5.74, 6) is -0.552. The van der Waals surface area contributed by atoms with Crippen LogP contribution in [0, 0.1) is 0 Å². The summed E-state index contributed by atoms with van der Waals surface area (Å²) in [7, 11) is 1.61. The molecule has 5 amide bonds. The Bertz CT molecular complexity index is 547. The highest BCUT2D eigenvalue weighted by Crippen LogP contribution is 2.19. The van der Waals surface area contributed by atoms with Gasteiger partial charge in [0.1, 0.15) is 0 Å². The van der Waals surface area contributed by atoms with E-state index in [0.717, 1.165) is 5.56 Å². The zero-order chi connectivity index (χ0) is 16.5. The van der Waals surface area contributed by atoms with Gasteiger partial charge in [-0.05, 0) is 24.6 Å². The van der Waals surface area contributed by atoms with Crippen molar-refractivity contribution in [1.82, 2.24) is 10.6 Å². The van der Waals surface area contributed by atoms with Gasteiger partial charge in [-0.2, -0.15) is 0 Å². The third-order valence-electron chi connectivity index (χ3n) is 2.87. The lowest BCUT2D eigenvalue weighted by Gasteiger charge is -2.12. The fourth-order valence-electron chi connectivity index (χ4n) is 1.67. The first kappa shape index (κ1) is 17.4. The number of carbonyl (C=O) groups excluding carboxylic acids is 3. The van der Waals surface area contributed by atoms with E-state index in [-0.39, 0.29) is 19.1 Å². The number of ether oxygens (including phenoxy) is 1. The molecule has 8 heteroatoms. The number of urea groups is 2. The molecule has 0 aliphatic carbocycles. The van der Waals surface area contributed by atoms with Crippen LogP contribution >= 0.6 is 0 Å². The molecular formula is C14H20N4O4. The smallest absolute Gasteiger partial charge is 0.319 e. The average Bonchev–Trinajstić information content (AvgIpc) is 2.45. The molecule has 0 spiro atoms. The van der Waals surface area contributed by atoms with Gasteiger partial charge in [-0.15, -0.1) is 0 Å². The molecule has 1 aromatic rings. The van der Waals surface area contributed by atoms with E-state index in [4.69, 9.17) is 10.5 Å².